The first-order valence-electron chi connectivity index (χ1n) is 8.68. The lowest BCUT2D eigenvalue weighted by molar-refractivity contribution is -0.116. The summed E-state index contributed by atoms with van der Waals surface area (Å²) in [6, 6.07) is 4.18. The van der Waals surface area contributed by atoms with Crippen LogP contribution in [0.4, 0.5) is 5.13 Å². The van der Waals surface area contributed by atoms with Gasteiger partial charge in [-0.05, 0) is 56.1 Å². The summed E-state index contributed by atoms with van der Waals surface area (Å²) in [6.45, 7) is 5.54. The van der Waals surface area contributed by atoms with Crippen LogP contribution in [-0.2, 0) is 17.8 Å². The van der Waals surface area contributed by atoms with Gasteiger partial charge in [-0.3, -0.25) is 9.69 Å². The highest BCUT2D eigenvalue weighted by molar-refractivity contribution is 7.13. The van der Waals surface area contributed by atoms with Crippen molar-refractivity contribution in [1.29, 1.82) is 0 Å². The van der Waals surface area contributed by atoms with Crippen molar-refractivity contribution in [2.75, 3.05) is 18.4 Å². The molecule has 0 atom stereocenters. The topological polar surface area (TPSA) is 45.2 Å². The molecule has 1 aliphatic rings. The van der Waals surface area contributed by atoms with Crippen molar-refractivity contribution in [3.8, 4) is 0 Å². The summed E-state index contributed by atoms with van der Waals surface area (Å²) in [5, 5.41) is 7.82. The molecule has 1 amide bonds. The Bertz CT molecular complexity index is 630. The molecule has 0 bridgehead atoms. The Labute approximate surface area is 151 Å². The molecule has 0 saturated carbocycles. The van der Waals surface area contributed by atoms with Crippen molar-refractivity contribution in [3.05, 3.63) is 33.5 Å². The zero-order valence-corrected chi connectivity index (χ0v) is 15.8. The van der Waals surface area contributed by atoms with Crippen molar-refractivity contribution in [2.24, 2.45) is 5.92 Å². The Hall–Kier alpha value is -1.24. The quantitative estimate of drug-likeness (QED) is 0.793. The number of thiazole rings is 1. The molecule has 0 spiro atoms. The predicted molar refractivity (Wildman–Crippen MR) is 102 cm³/mol. The minimum Gasteiger partial charge on any atom is -0.302 e. The molecule has 2 aromatic heterocycles. The van der Waals surface area contributed by atoms with Crippen molar-refractivity contribution >= 4 is 33.7 Å². The van der Waals surface area contributed by atoms with E-state index in [1.165, 1.54) is 29.1 Å². The molecule has 3 rings (SSSR count). The Balaban J connectivity index is 1.39. The molecule has 2 aromatic rings. The maximum absolute atomic E-state index is 12.0. The Morgan fingerprint density at radius 3 is 2.96 bits per heavy atom. The Morgan fingerprint density at radius 1 is 1.38 bits per heavy atom. The molecule has 0 aromatic carbocycles. The highest BCUT2D eigenvalue weighted by atomic mass is 32.1. The Morgan fingerprint density at radius 2 is 2.21 bits per heavy atom. The zero-order valence-electron chi connectivity index (χ0n) is 14.2. The van der Waals surface area contributed by atoms with E-state index in [0.717, 1.165) is 49.2 Å². The SMILES string of the molecule is CC1CCN(Cc2csc(NC(=O)CCCc3cccs3)n2)CC1. The molecule has 4 nitrogen and oxygen atoms in total. The van der Waals surface area contributed by atoms with Crippen molar-refractivity contribution < 1.29 is 4.79 Å². The number of carbonyl (C=O) groups excluding carboxylic acids is 1. The fourth-order valence-corrected chi connectivity index (χ4v) is 4.41. The largest absolute Gasteiger partial charge is 0.302 e. The number of hydrogen-bond acceptors (Lipinski definition) is 5. The molecular weight excluding hydrogens is 338 g/mol. The van der Waals surface area contributed by atoms with E-state index in [2.05, 4.69) is 45.0 Å². The van der Waals surface area contributed by atoms with Crippen LogP contribution >= 0.6 is 22.7 Å². The summed E-state index contributed by atoms with van der Waals surface area (Å²) in [7, 11) is 0. The first-order valence-corrected chi connectivity index (χ1v) is 10.4. The standard InChI is InChI=1S/C18H25N3OS2/c1-14-7-9-21(10-8-14)12-15-13-24-18(19-15)20-17(22)6-2-4-16-5-3-11-23-16/h3,5,11,13-14H,2,4,6-10,12H2,1H3,(H,19,20,22). The Kier molecular flexibility index (Phi) is 6.40. The smallest absolute Gasteiger partial charge is 0.226 e. The van der Waals surface area contributed by atoms with E-state index in [4.69, 9.17) is 0 Å². The number of amides is 1. The van der Waals surface area contributed by atoms with Gasteiger partial charge in [-0.25, -0.2) is 4.98 Å². The van der Waals surface area contributed by atoms with Crippen LogP contribution in [0.25, 0.3) is 0 Å². The molecule has 6 heteroatoms. The van der Waals surface area contributed by atoms with E-state index >= 15 is 0 Å². The van der Waals surface area contributed by atoms with E-state index in [-0.39, 0.29) is 5.91 Å². The lowest BCUT2D eigenvalue weighted by Gasteiger charge is -2.29. The molecule has 1 aliphatic heterocycles. The fourth-order valence-electron chi connectivity index (χ4n) is 2.95. The van der Waals surface area contributed by atoms with Crippen LogP contribution in [0.5, 0.6) is 0 Å². The number of aryl methyl sites for hydroxylation is 1. The van der Waals surface area contributed by atoms with Gasteiger partial charge in [0.15, 0.2) is 5.13 Å². The summed E-state index contributed by atoms with van der Waals surface area (Å²) >= 11 is 3.28. The van der Waals surface area contributed by atoms with Gasteiger partial charge < -0.3 is 5.32 Å². The van der Waals surface area contributed by atoms with Gasteiger partial charge in [-0.2, -0.15) is 0 Å². The van der Waals surface area contributed by atoms with Crippen LogP contribution in [0, 0.1) is 5.92 Å². The van der Waals surface area contributed by atoms with Crippen LogP contribution < -0.4 is 5.32 Å². The van der Waals surface area contributed by atoms with Gasteiger partial charge in [0.05, 0.1) is 5.69 Å². The summed E-state index contributed by atoms with van der Waals surface area (Å²) < 4.78 is 0. The molecule has 1 N–H and O–H groups in total. The minimum absolute atomic E-state index is 0.0688. The molecule has 1 saturated heterocycles. The summed E-state index contributed by atoms with van der Waals surface area (Å²) in [4.78, 5) is 20.4. The van der Waals surface area contributed by atoms with Gasteiger partial charge in [0.1, 0.15) is 0 Å². The van der Waals surface area contributed by atoms with Gasteiger partial charge in [-0.1, -0.05) is 13.0 Å². The van der Waals surface area contributed by atoms with Crippen LogP contribution in [0.15, 0.2) is 22.9 Å². The molecule has 0 unspecified atom stereocenters. The number of likely N-dealkylation sites (tertiary alicyclic amines) is 1. The zero-order chi connectivity index (χ0) is 16.8. The normalized spacial score (nSPS) is 16.4. The molecule has 0 radical (unpaired) electrons. The predicted octanol–water partition coefficient (Wildman–Crippen LogP) is 4.40. The number of piperidine rings is 1. The fraction of sp³-hybridized carbons (Fsp3) is 0.556. The summed E-state index contributed by atoms with van der Waals surface area (Å²) in [5.41, 5.74) is 1.07. The summed E-state index contributed by atoms with van der Waals surface area (Å²) in [5.74, 6) is 0.917. The van der Waals surface area contributed by atoms with Crippen LogP contribution in [0.3, 0.4) is 0 Å². The monoisotopic (exact) mass is 363 g/mol. The van der Waals surface area contributed by atoms with E-state index in [0.29, 0.717) is 6.42 Å². The van der Waals surface area contributed by atoms with E-state index in [1.807, 2.05) is 0 Å². The average molecular weight is 364 g/mol. The van der Waals surface area contributed by atoms with Gasteiger partial charge in [0, 0.05) is 23.2 Å². The van der Waals surface area contributed by atoms with Crippen molar-refractivity contribution in [1.82, 2.24) is 9.88 Å². The summed E-state index contributed by atoms with van der Waals surface area (Å²) in [6.07, 6.45) is 4.96. The second-order valence-corrected chi connectivity index (χ2v) is 8.47. The highest BCUT2D eigenvalue weighted by Gasteiger charge is 2.17. The lowest BCUT2D eigenvalue weighted by Crippen LogP contribution is -2.32. The van der Waals surface area contributed by atoms with Crippen molar-refractivity contribution in [3.63, 3.8) is 0 Å². The maximum atomic E-state index is 12.0. The van der Waals surface area contributed by atoms with Gasteiger partial charge in [-0.15, -0.1) is 22.7 Å². The van der Waals surface area contributed by atoms with Gasteiger partial charge >= 0.3 is 0 Å². The molecule has 1 fully saturated rings. The van der Waals surface area contributed by atoms with Crippen LogP contribution in [0.1, 0.15) is 43.2 Å². The third-order valence-corrected chi connectivity index (χ3v) is 6.21. The number of rotatable bonds is 7. The number of anilines is 1. The number of nitrogens with one attached hydrogen (secondary N) is 1. The molecule has 24 heavy (non-hydrogen) atoms. The third-order valence-electron chi connectivity index (χ3n) is 4.47. The minimum atomic E-state index is 0.0688. The number of aromatic nitrogens is 1. The van der Waals surface area contributed by atoms with Gasteiger partial charge in [0.2, 0.25) is 5.91 Å². The molecule has 130 valence electrons. The van der Waals surface area contributed by atoms with E-state index in [1.54, 1.807) is 11.3 Å². The van der Waals surface area contributed by atoms with Crippen LogP contribution in [-0.4, -0.2) is 28.9 Å². The second-order valence-electron chi connectivity index (χ2n) is 6.58. The molecule has 0 aliphatic carbocycles. The molecule has 3 heterocycles. The second kappa shape index (κ2) is 8.74. The number of nitrogens with zero attached hydrogens (tertiary/aromatic N) is 2. The van der Waals surface area contributed by atoms with Gasteiger partial charge in [0.25, 0.3) is 0 Å². The lowest BCUT2D eigenvalue weighted by atomic mass is 9.99. The first kappa shape index (κ1) is 17.6. The number of carbonyl (C=O) groups is 1. The van der Waals surface area contributed by atoms with Crippen molar-refractivity contribution in [2.45, 2.75) is 45.6 Å². The van der Waals surface area contributed by atoms with Crippen LogP contribution in [0.2, 0.25) is 0 Å². The third kappa shape index (κ3) is 5.40. The van der Waals surface area contributed by atoms with E-state index < -0.39 is 0 Å². The maximum Gasteiger partial charge on any atom is 0.226 e. The van der Waals surface area contributed by atoms with E-state index in [9.17, 15) is 4.79 Å². The first-order chi connectivity index (χ1) is 11.7. The molecular formula is C18H25N3OS2. The number of hydrogen-bond donors (Lipinski definition) is 1. The average Bonchev–Trinajstić information content (AvgIpc) is 3.22. The number of thiophene rings is 1. The highest BCUT2D eigenvalue weighted by Crippen LogP contribution is 2.21.